The molecule has 4 nitrogen and oxygen atoms in total. The van der Waals surface area contributed by atoms with E-state index >= 15 is 0 Å². The van der Waals surface area contributed by atoms with Crippen LogP contribution in [0.2, 0.25) is 0 Å². The van der Waals surface area contributed by atoms with Crippen LogP contribution in [0.4, 0.5) is 0 Å². The Bertz CT molecular complexity index is 383. The quantitative estimate of drug-likeness (QED) is 0.0405. The molecular weight excluding hydrogens is 649 g/mol. The summed E-state index contributed by atoms with van der Waals surface area (Å²) in [5, 5.41) is 1.24. The first-order valence-electron chi connectivity index (χ1n) is 12.2. The lowest BCUT2D eigenvalue weighted by molar-refractivity contribution is 0.167. The lowest BCUT2D eigenvalue weighted by Gasteiger charge is -2.18. The summed E-state index contributed by atoms with van der Waals surface area (Å²) in [6.45, 7) is 6.16. The first-order chi connectivity index (χ1) is 17.8. The first kappa shape index (κ1) is 39.3. The van der Waals surface area contributed by atoms with Gasteiger partial charge in [0.1, 0.15) is 0 Å². The molecule has 0 heterocycles. The predicted octanol–water partition coefficient (Wildman–Crippen LogP) is 5.82. The lowest BCUT2D eigenvalue weighted by Crippen LogP contribution is -2.15. The van der Waals surface area contributed by atoms with Gasteiger partial charge in [-0.2, -0.15) is 97.6 Å². The lowest BCUT2D eigenvalue weighted by atomic mass is 10.5. The van der Waals surface area contributed by atoms with Crippen molar-refractivity contribution in [3.8, 4) is 0 Å². The molecule has 0 aromatic rings. The van der Waals surface area contributed by atoms with Gasteiger partial charge in [0.2, 0.25) is 0 Å². The molecule has 0 aliphatic rings. The molecule has 2 atom stereocenters. The van der Waals surface area contributed by atoms with E-state index in [4.69, 9.17) is 18.9 Å². The second kappa shape index (κ2) is 34.5. The molecule has 0 spiro atoms. The van der Waals surface area contributed by atoms with Gasteiger partial charge in [0.25, 0.3) is 0 Å². The molecule has 218 valence electrons. The number of thioether (sulfide) groups is 4. The molecule has 0 bridgehead atoms. The monoisotopic (exact) mass is 694 g/mol. The Balaban J connectivity index is 4.31. The summed E-state index contributed by atoms with van der Waals surface area (Å²) >= 11 is 24.9. The van der Waals surface area contributed by atoms with Crippen LogP contribution in [0, 0.1) is 0 Å². The van der Waals surface area contributed by atoms with Crippen LogP contribution in [0.25, 0.3) is 0 Å². The van der Waals surface area contributed by atoms with E-state index in [1.807, 2.05) is 68.6 Å². The van der Waals surface area contributed by atoms with E-state index < -0.39 is 0 Å². The molecule has 0 aliphatic carbocycles. The Labute approximate surface area is 268 Å². The van der Waals surface area contributed by atoms with E-state index in [0.717, 1.165) is 122 Å². The molecule has 0 amide bonds. The van der Waals surface area contributed by atoms with Crippen LogP contribution in [0.5, 0.6) is 0 Å². The Morgan fingerprint density at radius 2 is 0.750 bits per heavy atom. The van der Waals surface area contributed by atoms with Crippen molar-refractivity contribution in [2.45, 2.75) is 10.5 Å². The average molecular weight is 695 g/mol. The Hall–Kier alpha value is 3.34. The predicted molar refractivity (Wildman–Crippen MR) is 191 cm³/mol. The number of hydrogen-bond donors (Lipinski definition) is 4. The minimum atomic E-state index is 0.621. The summed E-state index contributed by atoms with van der Waals surface area (Å²) in [4.78, 5) is 0. The van der Waals surface area contributed by atoms with Crippen molar-refractivity contribution in [1.29, 1.82) is 0 Å². The molecule has 0 rings (SSSR count). The molecule has 0 saturated heterocycles. The molecule has 0 aromatic carbocycles. The highest BCUT2D eigenvalue weighted by Crippen LogP contribution is 2.31. The molecular formula is C22H46O4S10. The van der Waals surface area contributed by atoms with E-state index in [0.29, 0.717) is 10.5 Å². The van der Waals surface area contributed by atoms with Gasteiger partial charge in [0.05, 0.1) is 52.9 Å². The largest absolute Gasteiger partial charge is 0.380 e. The van der Waals surface area contributed by atoms with Gasteiger partial charge >= 0.3 is 0 Å². The summed E-state index contributed by atoms with van der Waals surface area (Å²) < 4.78 is 22.3. The molecule has 0 saturated carbocycles. The van der Waals surface area contributed by atoms with Crippen molar-refractivity contribution in [3.63, 3.8) is 0 Å². The zero-order valence-electron chi connectivity index (χ0n) is 21.2. The SMILES string of the molecule is SCCOCCSCC(CSSCC(CSCCOCCS)SCCOCCS)SCCOCCS. The molecule has 0 N–H and O–H groups in total. The highest BCUT2D eigenvalue weighted by molar-refractivity contribution is 8.76. The normalized spacial score (nSPS) is 13.3. The Kier molecular flexibility index (Phi) is 37.7. The van der Waals surface area contributed by atoms with Crippen LogP contribution in [0.1, 0.15) is 0 Å². The molecule has 0 aliphatic heterocycles. The molecule has 36 heavy (non-hydrogen) atoms. The minimum absolute atomic E-state index is 0.621. The number of thiol groups is 4. The van der Waals surface area contributed by atoms with Crippen molar-refractivity contribution in [2.24, 2.45) is 0 Å². The van der Waals surface area contributed by atoms with Crippen molar-refractivity contribution < 1.29 is 18.9 Å². The highest BCUT2D eigenvalue weighted by atomic mass is 33.1. The standard InChI is InChI=1S/C22H46O4S10/c27-9-1-23-5-13-31-17-21(33-15-7-25-3-11-29)19-35-36-20-22(34-16-8-26-4-12-30)18-32-14-6-24-2-10-28/h21-22,27-30H,1-20H2. The third kappa shape index (κ3) is 30.3. The summed E-state index contributed by atoms with van der Waals surface area (Å²) in [7, 11) is 4.04. The van der Waals surface area contributed by atoms with E-state index in [9.17, 15) is 0 Å². The fourth-order valence-electron chi connectivity index (χ4n) is 2.42. The van der Waals surface area contributed by atoms with Crippen LogP contribution in [-0.2, 0) is 18.9 Å². The Morgan fingerprint density at radius 3 is 1.08 bits per heavy atom. The van der Waals surface area contributed by atoms with Gasteiger partial charge in [-0.25, -0.2) is 0 Å². The zero-order valence-corrected chi connectivity index (χ0v) is 29.6. The van der Waals surface area contributed by atoms with Gasteiger partial charge in [0, 0.05) is 79.5 Å². The topological polar surface area (TPSA) is 36.9 Å². The van der Waals surface area contributed by atoms with Crippen LogP contribution in [0.3, 0.4) is 0 Å². The molecule has 0 radical (unpaired) electrons. The third-order valence-corrected chi connectivity index (χ3v) is 12.8. The summed E-state index contributed by atoms with van der Waals surface area (Å²) in [5.74, 6) is 11.9. The second-order valence-electron chi connectivity index (χ2n) is 7.05. The van der Waals surface area contributed by atoms with Gasteiger partial charge < -0.3 is 18.9 Å². The summed E-state index contributed by atoms with van der Waals surface area (Å²) in [6.07, 6.45) is 0. The maximum atomic E-state index is 5.62. The molecule has 14 heteroatoms. The smallest absolute Gasteiger partial charge is 0.0557 e. The van der Waals surface area contributed by atoms with E-state index in [2.05, 4.69) is 50.5 Å². The van der Waals surface area contributed by atoms with Gasteiger partial charge in [-0.05, 0) is 0 Å². The van der Waals surface area contributed by atoms with Crippen LogP contribution >= 0.6 is 119 Å². The number of ether oxygens (including phenoxy) is 4. The Morgan fingerprint density at radius 1 is 0.417 bits per heavy atom. The molecule has 0 aromatic heterocycles. The van der Waals surface area contributed by atoms with Gasteiger partial charge in [-0.1, -0.05) is 21.6 Å². The van der Waals surface area contributed by atoms with E-state index in [1.165, 1.54) is 0 Å². The van der Waals surface area contributed by atoms with E-state index in [1.54, 1.807) is 0 Å². The molecule has 0 fully saturated rings. The second-order valence-corrected chi connectivity index (χ2v) is 16.5. The van der Waals surface area contributed by atoms with Crippen LogP contribution in [0.15, 0.2) is 0 Å². The fourth-order valence-corrected chi connectivity index (χ4v) is 11.2. The van der Waals surface area contributed by atoms with Gasteiger partial charge in [0.15, 0.2) is 0 Å². The number of hydrogen-bond acceptors (Lipinski definition) is 14. The summed E-state index contributed by atoms with van der Waals surface area (Å²) in [6, 6.07) is 0. The van der Waals surface area contributed by atoms with E-state index in [-0.39, 0.29) is 0 Å². The first-order valence-corrected chi connectivity index (χ1v) is 21.6. The van der Waals surface area contributed by atoms with Crippen molar-refractivity contribution in [2.75, 3.05) is 122 Å². The van der Waals surface area contributed by atoms with Crippen molar-refractivity contribution in [3.05, 3.63) is 0 Å². The fraction of sp³-hybridized carbons (Fsp3) is 1.00. The van der Waals surface area contributed by atoms with Crippen LogP contribution in [-0.4, -0.2) is 132 Å². The van der Waals surface area contributed by atoms with Crippen molar-refractivity contribution >= 4 is 119 Å². The summed E-state index contributed by atoms with van der Waals surface area (Å²) in [5.41, 5.74) is 0. The van der Waals surface area contributed by atoms with Crippen LogP contribution < -0.4 is 0 Å². The number of rotatable bonds is 31. The van der Waals surface area contributed by atoms with Gasteiger partial charge in [-0.3, -0.25) is 0 Å². The maximum Gasteiger partial charge on any atom is 0.0557 e. The van der Waals surface area contributed by atoms with Gasteiger partial charge in [-0.15, -0.1) is 0 Å². The van der Waals surface area contributed by atoms with Crippen molar-refractivity contribution in [1.82, 2.24) is 0 Å². The molecule has 2 unspecified atom stereocenters. The average Bonchev–Trinajstić information content (AvgIpc) is 2.89. The highest BCUT2D eigenvalue weighted by Gasteiger charge is 2.14. The maximum absolute atomic E-state index is 5.62. The zero-order chi connectivity index (χ0) is 26.4. The minimum Gasteiger partial charge on any atom is -0.380 e. The third-order valence-electron chi connectivity index (χ3n) is 4.05.